The van der Waals surface area contributed by atoms with Crippen LogP contribution in [0.3, 0.4) is 0 Å². The number of aryl methyl sites for hydroxylation is 1. The second-order valence-electron chi connectivity index (χ2n) is 5.19. The van der Waals surface area contributed by atoms with Gasteiger partial charge < -0.3 is 10.2 Å². The lowest BCUT2D eigenvalue weighted by atomic mass is 10.3. The highest BCUT2D eigenvalue weighted by Crippen LogP contribution is 2.23. The minimum absolute atomic E-state index is 0.0797. The Labute approximate surface area is 135 Å². The van der Waals surface area contributed by atoms with E-state index in [1.165, 1.54) is 12.1 Å². The molecule has 4 nitrogen and oxygen atoms in total. The van der Waals surface area contributed by atoms with E-state index in [0.717, 1.165) is 25.2 Å². The normalized spacial score (nSPS) is 10.6. The monoisotopic (exact) mass is 322 g/mol. The Morgan fingerprint density at radius 1 is 1.27 bits per heavy atom. The molecule has 1 aromatic carbocycles. The van der Waals surface area contributed by atoms with E-state index in [4.69, 9.17) is 11.6 Å². The molecule has 0 atom stereocenters. The second-order valence-corrected chi connectivity index (χ2v) is 5.59. The maximum atomic E-state index is 13.2. The average molecular weight is 323 g/mol. The largest absolute Gasteiger partial charge is 0.360 e. The lowest BCUT2D eigenvalue weighted by molar-refractivity contribution is 0.628. The fourth-order valence-electron chi connectivity index (χ4n) is 2.04. The number of rotatable bonds is 6. The van der Waals surface area contributed by atoms with E-state index in [1.807, 2.05) is 20.0 Å². The molecule has 0 saturated carbocycles. The molecule has 0 saturated heterocycles. The van der Waals surface area contributed by atoms with Crippen molar-refractivity contribution >= 4 is 28.9 Å². The van der Waals surface area contributed by atoms with E-state index in [0.29, 0.717) is 17.3 Å². The molecule has 0 aliphatic rings. The molecule has 2 rings (SSSR count). The van der Waals surface area contributed by atoms with Crippen LogP contribution in [0.2, 0.25) is 5.02 Å². The van der Waals surface area contributed by atoms with E-state index in [1.54, 1.807) is 6.07 Å². The third-order valence-electron chi connectivity index (χ3n) is 3.25. The lowest BCUT2D eigenvalue weighted by Crippen LogP contribution is -2.20. The predicted molar refractivity (Wildman–Crippen MR) is 89.6 cm³/mol. The standard InChI is InChI=1S/C16H20ClFN4/c1-4-5-8-22(3)16-10-15(19-11(2)20-16)21-12-6-7-14(18)13(17)9-12/h6-7,9-10H,4-5,8H2,1-3H3,(H,19,20,21). The number of unbranched alkanes of at least 4 members (excludes halogenated alkanes) is 1. The first-order valence-electron chi connectivity index (χ1n) is 7.28. The zero-order valence-corrected chi connectivity index (χ0v) is 13.8. The topological polar surface area (TPSA) is 41.0 Å². The summed E-state index contributed by atoms with van der Waals surface area (Å²) in [6.07, 6.45) is 2.24. The van der Waals surface area contributed by atoms with E-state index < -0.39 is 5.82 Å². The number of aromatic nitrogens is 2. The molecule has 1 aromatic heterocycles. The van der Waals surface area contributed by atoms with Crippen molar-refractivity contribution in [1.29, 1.82) is 0 Å². The van der Waals surface area contributed by atoms with Crippen molar-refractivity contribution in [3.63, 3.8) is 0 Å². The summed E-state index contributed by atoms with van der Waals surface area (Å²) < 4.78 is 13.2. The number of anilines is 3. The molecule has 0 bridgehead atoms. The first kappa shape index (κ1) is 16.5. The molecule has 0 unspecified atom stereocenters. The van der Waals surface area contributed by atoms with Gasteiger partial charge in [0, 0.05) is 25.3 Å². The van der Waals surface area contributed by atoms with Gasteiger partial charge in [-0.1, -0.05) is 24.9 Å². The molecule has 2 aromatic rings. The van der Waals surface area contributed by atoms with Crippen LogP contribution in [0.1, 0.15) is 25.6 Å². The second kappa shape index (κ2) is 7.40. The minimum atomic E-state index is -0.439. The van der Waals surface area contributed by atoms with Crippen LogP contribution in [0.15, 0.2) is 24.3 Å². The van der Waals surface area contributed by atoms with Crippen molar-refractivity contribution in [1.82, 2.24) is 9.97 Å². The number of hydrogen-bond acceptors (Lipinski definition) is 4. The van der Waals surface area contributed by atoms with Gasteiger partial charge in [0.05, 0.1) is 5.02 Å². The van der Waals surface area contributed by atoms with Gasteiger partial charge in [-0.05, 0) is 31.5 Å². The molecule has 0 aliphatic carbocycles. The first-order valence-corrected chi connectivity index (χ1v) is 7.66. The maximum Gasteiger partial charge on any atom is 0.141 e. The Bertz CT molecular complexity index is 648. The minimum Gasteiger partial charge on any atom is -0.360 e. The van der Waals surface area contributed by atoms with Gasteiger partial charge in [-0.2, -0.15) is 0 Å². The molecule has 1 N–H and O–H groups in total. The smallest absolute Gasteiger partial charge is 0.141 e. The van der Waals surface area contributed by atoms with Crippen molar-refractivity contribution in [3.05, 3.63) is 40.9 Å². The van der Waals surface area contributed by atoms with Gasteiger partial charge in [-0.25, -0.2) is 14.4 Å². The Hall–Kier alpha value is -1.88. The molecule has 0 radical (unpaired) electrons. The van der Waals surface area contributed by atoms with Crippen LogP contribution in [-0.2, 0) is 0 Å². The summed E-state index contributed by atoms with van der Waals surface area (Å²) in [6, 6.07) is 6.36. The number of halogens is 2. The summed E-state index contributed by atoms with van der Waals surface area (Å²) in [6.45, 7) is 4.94. The van der Waals surface area contributed by atoms with Crippen molar-refractivity contribution in [3.8, 4) is 0 Å². The van der Waals surface area contributed by atoms with Crippen LogP contribution in [0.5, 0.6) is 0 Å². The predicted octanol–water partition coefficient (Wildman–Crippen LogP) is 4.56. The van der Waals surface area contributed by atoms with E-state index >= 15 is 0 Å². The Kier molecular flexibility index (Phi) is 5.55. The molecule has 0 aliphatic heterocycles. The lowest BCUT2D eigenvalue weighted by Gasteiger charge is -2.19. The molecule has 6 heteroatoms. The van der Waals surface area contributed by atoms with Gasteiger partial charge in [0.1, 0.15) is 23.3 Å². The van der Waals surface area contributed by atoms with Crippen LogP contribution in [0.25, 0.3) is 0 Å². The summed E-state index contributed by atoms with van der Waals surface area (Å²) in [5, 5.41) is 3.21. The van der Waals surface area contributed by atoms with Crippen molar-refractivity contribution < 1.29 is 4.39 Å². The van der Waals surface area contributed by atoms with Crippen LogP contribution in [-0.4, -0.2) is 23.6 Å². The van der Waals surface area contributed by atoms with E-state index in [-0.39, 0.29) is 5.02 Å². The van der Waals surface area contributed by atoms with Crippen LogP contribution in [0.4, 0.5) is 21.7 Å². The molecular weight excluding hydrogens is 303 g/mol. The third-order valence-corrected chi connectivity index (χ3v) is 3.54. The Morgan fingerprint density at radius 3 is 2.73 bits per heavy atom. The molecule has 0 fully saturated rings. The number of hydrogen-bond donors (Lipinski definition) is 1. The maximum absolute atomic E-state index is 13.2. The molecular formula is C16H20ClFN4. The summed E-state index contributed by atoms with van der Waals surface area (Å²) in [5.41, 5.74) is 0.687. The van der Waals surface area contributed by atoms with E-state index in [2.05, 4.69) is 27.1 Å². The van der Waals surface area contributed by atoms with Crippen LogP contribution >= 0.6 is 11.6 Å². The molecule has 118 valence electrons. The van der Waals surface area contributed by atoms with Gasteiger partial charge in [0.15, 0.2) is 0 Å². The zero-order chi connectivity index (χ0) is 16.1. The highest BCUT2D eigenvalue weighted by Gasteiger charge is 2.08. The summed E-state index contributed by atoms with van der Waals surface area (Å²) >= 11 is 5.79. The number of nitrogens with one attached hydrogen (secondary N) is 1. The average Bonchev–Trinajstić information content (AvgIpc) is 2.48. The van der Waals surface area contributed by atoms with Gasteiger partial charge in [-0.15, -0.1) is 0 Å². The van der Waals surface area contributed by atoms with Crippen molar-refractivity contribution in [2.45, 2.75) is 26.7 Å². The SMILES string of the molecule is CCCCN(C)c1cc(Nc2ccc(F)c(Cl)c2)nc(C)n1. The highest BCUT2D eigenvalue weighted by molar-refractivity contribution is 6.31. The van der Waals surface area contributed by atoms with Crippen molar-refractivity contribution in [2.75, 3.05) is 23.8 Å². The molecule has 0 amide bonds. The third kappa shape index (κ3) is 4.31. The van der Waals surface area contributed by atoms with Gasteiger partial charge in [0.25, 0.3) is 0 Å². The van der Waals surface area contributed by atoms with Crippen molar-refractivity contribution in [2.24, 2.45) is 0 Å². The molecule has 0 spiro atoms. The summed E-state index contributed by atoms with van der Waals surface area (Å²) in [7, 11) is 2.01. The Morgan fingerprint density at radius 2 is 2.05 bits per heavy atom. The van der Waals surface area contributed by atoms with E-state index in [9.17, 15) is 4.39 Å². The Balaban J connectivity index is 2.20. The van der Waals surface area contributed by atoms with Crippen LogP contribution < -0.4 is 10.2 Å². The summed E-state index contributed by atoms with van der Waals surface area (Å²) in [4.78, 5) is 10.9. The van der Waals surface area contributed by atoms with Gasteiger partial charge in [-0.3, -0.25) is 0 Å². The number of nitrogens with zero attached hydrogens (tertiary/aromatic N) is 3. The quantitative estimate of drug-likeness (QED) is 0.846. The number of benzene rings is 1. The molecule has 1 heterocycles. The fourth-order valence-corrected chi connectivity index (χ4v) is 2.22. The molecule has 22 heavy (non-hydrogen) atoms. The first-order chi connectivity index (χ1) is 10.5. The van der Waals surface area contributed by atoms with Gasteiger partial charge in [0.2, 0.25) is 0 Å². The van der Waals surface area contributed by atoms with Gasteiger partial charge >= 0.3 is 0 Å². The highest BCUT2D eigenvalue weighted by atomic mass is 35.5. The summed E-state index contributed by atoms with van der Waals surface area (Å²) in [5.74, 6) is 1.76. The zero-order valence-electron chi connectivity index (χ0n) is 13.0. The van der Waals surface area contributed by atoms with Crippen LogP contribution in [0, 0.1) is 12.7 Å². The fraction of sp³-hybridized carbons (Fsp3) is 0.375.